The summed E-state index contributed by atoms with van der Waals surface area (Å²) >= 11 is 1.27. The highest BCUT2D eigenvalue weighted by Gasteiger charge is 2.25. The van der Waals surface area contributed by atoms with Gasteiger partial charge in [-0.3, -0.25) is 14.8 Å². The minimum Gasteiger partial charge on any atom is -0.278 e. The summed E-state index contributed by atoms with van der Waals surface area (Å²) in [6, 6.07) is 9.96. The van der Waals surface area contributed by atoms with Gasteiger partial charge in [-0.15, -0.1) is 11.8 Å². The van der Waals surface area contributed by atoms with E-state index in [1.165, 1.54) is 24.8 Å². The van der Waals surface area contributed by atoms with E-state index in [1.54, 1.807) is 18.2 Å². The Morgan fingerprint density at radius 3 is 2.69 bits per heavy atom. The van der Waals surface area contributed by atoms with E-state index in [9.17, 15) is 22.9 Å². The van der Waals surface area contributed by atoms with Gasteiger partial charge in [-0.25, -0.2) is 12.8 Å². The maximum absolute atomic E-state index is 14.2. The lowest BCUT2D eigenvalue weighted by atomic mass is 10.2. The van der Waals surface area contributed by atoms with Gasteiger partial charge >= 0.3 is 0 Å². The number of halogens is 1. The summed E-state index contributed by atoms with van der Waals surface area (Å²) in [4.78, 5) is 10.0. The first kappa shape index (κ1) is 19.7. The van der Waals surface area contributed by atoms with Crippen molar-refractivity contribution in [2.45, 2.75) is 23.1 Å². The second-order valence-electron chi connectivity index (χ2n) is 5.18. The van der Waals surface area contributed by atoms with Crippen molar-refractivity contribution >= 4 is 33.2 Å². The third kappa shape index (κ3) is 4.50. The second-order valence-corrected chi connectivity index (χ2v) is 7.97. The van der Waals surface area contributed by atoms with Gasteiger partial charge in [-0.05, 0) is 25.1 Å². The van der Waals surface area contributed by atoms with Gasteiger partial charge in [0.05, 0.1) is 16.7 Å². The summed E-state index contributed by atoms with van der Waals surface area (Å²) in [7, 11) is -4.38. The highest BCUT2D eigenvalue weighted by atomic mass is 32.2. The van der Waals surface area contributed by atoms with Gasteiger partial charge in [0.2, 0.25) is 0 Å². The number of anilines is 1. The number of sulfonamides is 1. The van der Waals surface area contributed by atoms with Gasteiger partial charge in [-0.1, -0.05) is 12.1 Å². The molecule has 0 saturated carbocycles. The molecule has 0 heterocycles. The van der Waals surface area contributed by atoms with E-state index < -0.39 is 31.3 Å². The predicted octanol–water partition coefficient (Wildman–Crippen LogP) is 3.85. The Labute approximate surface area is 154 Å². The molecule has 0 bridgehead atoms. The first-order valence-corrected chi connectivity index (χ1v) is 9.79. The molecule has 0 atom stereocenters. The van der Waals surface area contributed by atoms with Gasteiger partial charge in [0.15, 0.2) is 0 Å². The van der Waals surface area contributed by atoms with Crippen LogP contribution in [0.5, 0.6) is 0 Å². The summed E-state index contributed by atoms with van der Waals surface area (Å²) in [6.07, 6.45) is 0.282. The molecular formula is C16H14FN3O4S2. The van der Waals surface area contributed by atoms with Crippen LogP contribution in [-0.2, 0) is 10.0 Å². The van der Waals surface area contributed by atoms with E-state index >= 15 is 0 Å². The average Bonchev–Trinajstić information content (AvgIpc) is 2.55. The number of hydrogen-bond donors (Lipinski definition) is 1. The van der Waals surface area contributed by atoms with E-state index in [0.717, 1.165) is 6.07 Å². The molecule has 0 fully saturated rings. The Kier molecular flexibility index (Phi) is 6.18. The SMILES string of the molecule is Cc1cc(F)c(S(=O)(=O)Nc2ccccc2SCCC#N)cc1[N+](=O)[O-]. The van der Waals surface area contributed by atoms with Crippen molar-refractivity contribution in [1.82, 2.24) is 0 Å². The molecule has 10 heteroatoms. The molecule has 2 aromatic rings. The molecular weight excluding hydrogens is 381 g/mol. The first-order chi connectivity index (χ1) is 12.3. The fourth-order valence-electron chi connectivity index (χ4n) is 2.13. The molecule has 2 aromatic carbocycles. The van der Waals surface area contributed by atoms with Crippen LogP contribution < -0.4 is 4.72 Å². The standard InChI is InChI=1S/C16H14FN3O4S2/c1-11-9-12(17)16(10-14(11)20(21)22)26(23,24)19-13-5-2-3-6-15(13)25-8-4-7-18/h2-3,5-6,9-10,19H,4,8H2,1H3. The molecule has 0 amide bonds. The Hall–Kier alpha value is -2.64. The van der Waals surface area contributed by atoms with Crippen molar-refractivity contribution in [3.05, 3.63) is 57.9 Å². The van der Waals surface area contributed by atoms with Gasteiger partial charge in [0.25, 0.3) is 15.7 Å². The number of nitro groups is 1. The van der Waals surface area contributed by atoms with Gasteiger partial charge in [-0.2, -0.15) is 5.26 Å². The van der Waals surface area contributed by atoms with Crippen molar-refractivity contribution in [2.75, 3.05) is 10.5 Å². The van der Waals surface area contributed by atoms with Crippen LogP contribution in [0.1, 0.15) is 12.0 Å². The number of para-hydroxylation sites is 1. The molecule has 0 saturated heterocycles. The van der Waals surface area contributed by atoms with Gasteiger partial charge < -0.3 is 0 Å². The average molecular weight is 395 g/mol. The first-order valence-electron chi connectivity index (χ1n) is 7.32. The van der Waals surface area contributed by atoms with E-state index in [-0.39, 0.29) is 17.7 Å². The number of nitro benzene ring substituents is 1. The lowest BCUT2D eigenvalue weighted by molar-refractivity contribution is -0.385. The van der Waals surface area contributed by atoms with Crippen LogP contribution in [0, 0.1) is 34.2 Å². The fraction of sp³-hybridized carbons (Fsp3) is 0.188. The largest absolute Gasteiger partial charge is 0.278 e. The summed E-state index contributed by atoms with van der Waals surface area (Å²) < 4.78 is 41.5. The van der Waals surface area contributed by atoms with Gasteiger partial charge in [0.1, 0.15) is 10.7 Å². The Morgan fingerprint density at radius 2 is 2.04 bits per heavy atom. The Balaban J connectivity index is 2.40. The van der Waals surface area contributed by atoms with Crippen molar-refractivity contribution < 1.29 is 17.7 Å². The van der Waals surface area contributed by atoms with Crippen molar-refractivity contribution in [3.63, 3.8) is 0 Å². The summed E-state index contributed by atoms with van der Waals surface area (Å²) in [5.41, 5.74) is -0.250. The highest BCUT2D eigenvalue weighted by molar-refractivity contribution is 7.99. The third-order valence-electron chi connectivity index (χ3n) is 3.34. The zero-order chi connectivity index (χ0) is 19.3. The fourth-order valence-corrected chi connectivity index (χ4v) is 4.22. The third-order valence-corrected chi connectivity index (χ3v) is 5.80. The van der Waals surface area contributed by atoms with Crippen LogP contribution in [-0.4, -0.2) is 19.1 Å². The summed E-state index contributed by atoms with van der Waals surface area (Å²) in [5, 5.41) is 19.6. The predicted molar refractivity (Wildman–Crippen MR) is 96.0 cm³/mol. The molecule has 26 heavy (non-hydrogen) atoms. The van der Waals surface area contributed by atoms with Crippen LogP contribution in [0.15, 0.2) is 46.2 Å². The van der Waals surface area contributed by atoms with E-state index in [0.29, 0.717) is 16.7 Å². The maximum Gasteiger partial charge on any atom is 0.273 e. The molecule has 0 unspecified atom stereocenters. The number of aryl methyl sites for hydroxylation is 1. The Bertz CT molecular complexity index is 987. The number of rotatable bonds is 7. The van der Waals surface area contributed by atoms with Crippen LogP contribution in [0.4, 0.5) is 15.8 Å². The molecule has 0 radical (unpaired) electrons. The van der Waals surface area contributed by atoms with E-state index in [1.807, 2.05) is 6.07 Å². The van der Waals surface area contributed by atoms with Crippen LogP contribution in [0.3, 0.4) is 0 Å². The smallest absolute Gasteiger partial charge is 0.273 e. The molecule has 0 aliphatic rings. The zero-order valence-electron chi connectivity index (χ0n) is 13.6. The highest BCUT2D eigenvalue weighted by Crippen LogP contribution is 2.31. The number of hydrogen-bond acceptors (Lipinski definition) is 6. The molecule has 0 spiro atoms. The van der Waals surface area contributed by atoms with Gasteiger partial charge in [0, 0.05) is 28.7 Å². The molecule has 0 aromatic heterocycles. The van der Waals surface area contributed by atoms with Crippen molar-refractivity contribution in [3.8, 4) is 6.07 Å². The summed E-state index contributed by atoms with van der Waals surface area (Å²) in [5.74, 6) is -0.616. The molecule has 7 nitrogen and oxygen atoms in total. The van der Waals surface area contributed by atoms with Crippen molar-refractivity contribution in [2.24, 2.45) is 0 Å². The van der Waals surface area contributed by atoms with Crippen molar-refractivity contribution in [1.29, 1.82) is 5.26 Å². The van der Waals surface area contributed by atoms with Crippen LogP contribution in [0.2, 0.25) is 0 Å². The lowest BCUT2D eigenvalue weighted by Gasteiger charge is -2.13. The monoisotopic (exact) mass is 395 g/mol. The topological polar surface area (TPSA) is 113 Å². The number of thioether (sulfide) groups is 1. The molecule has 0 aliphatic carbocycles. The Morgan fingerprint density at radius 1 is 1.35 bits per heavy atom. The van der Waals surface area contributed by atoms with E-state index in [4.69, 9.17) is 5.26 Å². The normalized spacial score (nSPS) is 11.0. The maximum atomic E-state index is 14.2. The molecule has 2 rings (SSSR count). The summed E-state index contributed by atoms with van der Waals surface area (Å²) in [6.45, 7) is 1.33. The molecule has 136 valence electrons. The zero-order valence-corrected chi connectivity index (χ0v) is 15.2. The second kappa shape index (κ2) is 8.16. The molecule has 0 aliphatic heterocycles. The van der Waals surface area contributed by atoms with Crippen LogP contribution >= 0.6 is 11.8 Å². The minimum atomic E-state index is -4.38. The van der Waals surface area contributed by atoms with E-state index in [2.05, 4.69) is 4.72 Å². The lowest BCUT2D eigenvalue weighted by Crippen LogP contribution is -2.16. The number of nitrogens with zero attached hydrogens (tertiary/aromatic N) is 2. The number of benzene rings is 2. The molecule has 1 N–H and O–H groups in total. The van der Waals surface area contributed by atoms with Crippen LogP contribution in [0.25, 0.3) is 0 Å². The quantitative estimate of drug-likeness (QED) is 0.330. The number of nitriles is 1. The minimum absolute atomic E-state index is 0.0268. The number of nitrogens with one attached hydrogen (secondary N) is 1.